The van der Waals surface area contributed by atoms with E-state index in [4.69, 9.17) is 0 Å². The molecule has 0 bridgehead atoms. The van der Waals surface area contributed by atoms with Gasteiger partial charge < -0.3 is 15.5 Å². The molecule has 248 valence electrons. The highest BCUT2D eigenvalue weighted by atomic mass is 32.2. The SMILES string of the molecule is Cn1cc(S(=O)(=O)N2CCCC(n3c(-c4ccccc4)c(C(=O)N4CCNCC4)n(CCCNC(=O)c4ccccc4)c3=O)C2)cn1. The van der Waals surface area contributed by atoms with E-state index < -0.39 is 16.1 Å². The molecule has 2 aliphatic rings. The van der Waals surface area contributed by atoms with Gasteiger partial charge >= 0.3 is 5.69 Å². The van der Waals surface area contributed by atoms with Gasteiger partial charge in [0.15, 0.2) is 0 Å². The molecule has 14 heteroatoms. The zero-order valence-corrected chi connectivity index (χ0v) is 27.2. The van der Waals surface area contributed by atoms with Crippen molar-refractivity contribution in [2.45, 2.75) is 36.7 Å². The predicted octanol–water partition coefficient (Wildman–Crippen LogP) is 1.94. The molecular weight excluding hydrogens is 620 g/mol. The summed E-state index contributed by atoms with van der Waals surface area (Å²) >= 11 is 0. The van der Waals surface area contributed by atoms with Gasteiger partial charge in [0.05, 0.1) is 17.9 Å². The average molecular weight is 661 g/mol. The Morgan fingerprint density at radius 3 is 2.38 bits per heavy atom. The topological polar surface area (TPSA) is 144 Å². The molecule has 0 saturated carbocycles. The highest BCUT2D eigenvalue weighted by Gasteiger charge is 2.37. The van der Waals surface area contributed by atoms with Crippen LogP contribution in [0.3, 0.4) is 0 Å². The first-order chi connectivity index (χ1) is 22.8. The van der Waals surface area contributed by atoms with Gasteiger partial charge in [-0.25, -0.2) is 13.2 Å². The second-order valence-corrected chi connectivity index (χ2v) is 13.8. The normalized spacial score (nSPS) is 17.5. The number of rotatable bonds is 10. The molecule has 2 aliphatic heterocycles. The van der Waals surface area contributed by atoms with Crippen LogP contribution < -0.4 is 16.3 Å². The second-order valence-electron chi connectivity index (χ2n) is 11.9. The molecule has 0 spiro atoms. The van der Waals surface area contributed by atoms with E-state index in [1.54, 1.807) is 40.8 Å². The van der Waals surface area contributed by atoms with Crippen molar-refractivity contribution < 1.29 is 18.0 Å². The van der Waals surface area contributed by atoms with E-state index in [1.807, 2.05) is 36.4 Å². The van der Waals surface area contributed by atoms with Crippen molar-refractivity contribution in [2.24, 2.45) is 7.05 Å². The Kier molecular flexibility index (Phi) is 9.71. The number of piperazine rings is 1. The monoisotopic (exact) mass is 660 g/mol. The third-order valence-electron chi connectivity index (χ3n) is 8.75. The minimum atomic E-state index is -3.85. The van der Waals surface area contributed by atoms with Gasteiger partial charge in [-0.3, -0.25) is 23.4 Å². The quantitative estimate of drug-likeness (QED) is 0.248. The Hall–Kier alpha value is -4.53. The molecule has 4 aromatic rings. The van der Waals surface area contributed by atoms with Crippen LogP contribution in [0.2, 0.25) is 0 Å². The number of carbonyl (C=O) groups excluding carboxylic acids is 2. The standard InChI is InChI=1S/C33H40N8O5S/c1-37-24-28(22-36-37)47(45,46)39-18-8-14-27(23-39)41-29(25-10-4-2-5-11-25)30(32(43)38-20-16-34-17-21-38)40(33(41)44)19-9-15-35-31(42)26-12-6-3-7-13-26/h2-7,10-13,22,24,27,34H,8-9,14-21,23H2,1H3,(H,35,42). The number of aromatic nitrogens is 4. The molecule has 0 radical (unpaired) electrons. The van der Waals surface area contributed by atoms with Gasteiger partial charge in [-0.05, 0) is 31.4 Å². The summed E-state index contributed by atoms with van der Waals surface area (Å²) in [7, 11) is -2.19. The molecule has 1 atom stereocenters. The summed E-state index contributed by atoms with van der Waals surface area (Å²) in [4.78, 5) is 43.4. The fraction of sp³-hybridized carbons (Fsp3) is 0.394. The van der Waals surface area contributed by atoms with E-state index in [2.05, 4.69) is 15.7 Å². The smallest absolute Gasteiger partial charge is 0.329 e. The maximum atomic E-state index is 14.5. The van der Waals surface area contributed by atoms with Crippen LogP contribution in [0, 0.1) is 0 Å². The molecule has 2 aromatic heterocycles. The van der Waals surface area contributed by atoms with Crippen LogP contribution in [0.5, 0.6) is 0 Å². The van der Waals surface area contributed by atoms with Crippen LogP contribution in [0.25, 0.3) is 11.3 Å². The van der Waals surface area contributed by atoms with Crippen LogP contribution in [-0.2, 0) is 23.6 Å². The van der Waals surface area contributed by atoms with E-state index in [9.17, 15) is 22.8 Å². The van der Waals surface area contributed by atoms with Crippen LogP contribution in [0.1, 0.15) is 46.2 Å². The molecule has 2 aromatic carbocycles. The number of amides is 2. The molecule has 47 heavy (non-hydrogen) atoms. The summed E-state index contributed by atoms with van der Waals surface area (Å²) in [5.74, 6) is -0.458. The third kappa shape index (κ3) is 6.80. The maximum absolute atomic E-state index is 14.5. The molecular formula is C33H40N8O5S. The van der Waals surface area contributed by atoms with E-state index in [0.717, 1.165) is 0 Å². The van der Waals surface area contributed by atoms with Gasteiger partial charge in [-0.2, -0.15) is 9.40 Å². The molecule has 13 nitrogen and oxygen atoms in total. The fourth-order valence-corrected chi connectivity index (χ4v) is 7.88. The van der Waals surface area contributed by atoms with Crippen molar-refractivity contribution in [1.29, 1.82) is 0 Å². The van der Waals surface area contributed by atoms with Crippen LogP contribution in [0.4, 0.5) is 0 Å². The molecule has 6 rings (SSSR count). The van der Waals surface area contributed by atoms with Gasteiger partial charge in [0.25, 0.3) is 11.8 Å². The molecule has 2 amide bonds. The minimum absolute atomic E-state index is 0.0787. The number of imidazole rings is 1. The van der Waals surface area contributed by atoms with Crippen molar-refractivity contribution in [3.8, 4) is 11.3 Å². The Morgan fingerprint density at radius 1 is 1.00 bits per heavy atom. The number of sulfonamides is 1. The van der Waals surface area contributed by atoms with Gasteiger partial charge in [-0.15, -0.1) is 0 Å². The Balaban J connectivity index is 1.38. The summed E-state index contributed by atoms with van der Waals surface area (Å²) in [6.07, 6.45) is 4.32. The van der Waals surface area contributed by atoms with Gasteiger partial charge in [0, 0.05) is 76.7 Å². The summed E-state index contributed by atoms with van der Waals surface area (Å²) < 4.78 is 33.2. The fourth-order valence-electron chi connectivity index (χ4n) is 6.38. The van der Waals surface area contributed by atoms with E-state index in [0.29, 0.717) is 75.4 Å². The lowest BCUT2D eigenvalue weighted by Crippen LogP contribution is -2.47. The summed E-state index contributed by atoms with van der Waals surface area (Å²) in [6, 6.07) is 17.7. The Bertz CT molecular complexity index is 1880. The minimum Gasteiger partial charge on any atom is -0.352 e. The number of carbonyl (C=O) groups is 2. The zero-order valence-electron chi connectivity index (χ0n) is 26.4. The number of aryl methyl sites for hydroxylation is 1. The van der Waals surface area contributed by atoms with Gasteiger partial charge in [-0.1, -0.05) is 48.5 Å². The Labute approximate surface area is 273 Å². The largest absolute Gasteiger partial charge is 0.352 e. The van der Waals surface area contributed by atoms with Crippen molar-refractivity contribution in [3.63, 3.8) is 0 Å². The number of nitrogens with zero attached hydrogens (tertiary/aromatic N) is 6. The van der Waals surface area contributed by atoms with E-state index in [1.165, 1.54) is 25.9 Å². The molecule has 1 unspecified atom stereocenters. The van der Waals surface area contributed by atoms with E-state index in [-0.39, 0.29) is 41.2 Å². The van der Waals surface area contributed by atoms with Gasteiger partial charge in [0.2, 0.25) is 10.0 Å². The first kappa shape index (κ1) is 32.4. The Morgan fingerprint density at radius 2 is 1.70 bits per heavy atom. The highest BCUT2D eigenvalue weighted by molar-refractivity contribution is 7.89. The summed E-state index contributed by atoms with van der Waals surface area (Å²) in [5.41, 5.74) is 1.64. The van der Waals surface area contributed by atoms with Crippen molar-refractivity contribution in [2.75, 3.05) is 45.8 Å². The van der Waals surface area contributed by atoms with Crippen LogP contribution in [0.15, 0.2) is 82.7 Å². The van der Waals surface area contributed by atoms with Crippen molar-refractivity contribution in [3.05, 3.63) is 94.8 Å². The van der Waals surface area contributed by atoms with Crippen LogP contribution >= 0.6 is 0 Å². The number of piperidine rings is 1. The van der Waals surface area contributed by atoms with Crippen LogP contribution in [-0.4, -0.2) is 94.2 Å². The highest BCUT2D eigenvalue weighted by Crippen LogP contribution is 2.33. The zero-order chi connectivity index (χ0) is 33.0. The molecule has 4 heterocycles. The first-order valence-electron chi connectivity index (χ1n) is 16.0. The first-order valence-corrected chi connectivity index (χ1v) is 17.4. The molecule has 2 fully saturated rings. The lowest BCUT2D eigenvalue weighted by molar-refractivity contribution is 0.0724. The summed E-state index contributed by atoms with van der Waals surface area (Å²) in [6.45, 7) is 3.18. The number of benzene rings is 2. The number of nitrogens with one attached hydrogen (secondary N) is 2. The summed E-state index contributed by atoms with van der Waals surface area (Å²) in [5, 5.41) is 10.2. The molecule has 2 saturated heterocycles. The van der Waals surface area contributed by atoms with Gasteiger partial charge in [0.1, 0.15) is 10.6 Å². The lowest BCUT2D eigenvalue weighted by Gasteiger charge is -2.33. The predicted molar refractivity (Wildman–Crippen MR) is 177 cm³/mol. The maximum Gasteiger partial charge on any atom is 0.329 e. The number of hydrogen-bond acceptors (Lipinski definition) is 7. The van der Waals surface area contributed by atoms with E-state index >= 15 is 0 Å². The lowest BCUT2D eigenvalue weighted by atomic mass is 10.0. The van der Waals surface area contributed by atoms with Crippen molar-refractivity contribution >= 4 is 21.8 Å². The molecule has 0 aliphatic carbocycles. The van der Waals surface area contributed by atoms with Crippen molar-refractivity contribution in [1.82, 2.24) is 38.8 Å². The third-order valence-corrected chi connectivity index (χ3v) is 10.6. The second kappa shape index (κ2) is 14.1. The molecule has 2 N–H and O–H groups in total. The average Bonchev–Trinajstić information content (AvgIpc) is 3.68. The number of hydrogen-bond donors (Lipinski definition) is 2.